The van der Waals surface area contributed by atoms with Crippen LogP contribution in [0.2, 0.25) is 0 Å². The molecule has 0 aromatic carbocycles. The topological polar surface area (TPSA) is 65.7 Å². The summed E-state index contributed by atoms with van der Waals surface area (Å²) in [6.07, 6.45) is 2.37. The molecule has 1 aliphatic heterocycles. The van der Waals surface area contributed by atoms with Gasteiger partial charge in [0.05, 0.1) is 6.54 Å². The number of carbonyl (C=O) groups is 1. The fraction of sp³-hybridized carbons (Fsp3) is 0.769. The SMILES string of the molecule is CN(C)C(=O)N1CCN(Cc2nc(C3CC3)no2)CC1. The van der Waals surface area contributed by atoms with Gasteiger partial charge in [0.15, 0.2) is 5.82 Å². The van der Waals surface area contributed by atoms with Gasteiger partial charge in [0.1, 0.15) is 0 Å². The molecule has 2 fully saturated rings. The van der Waals surface area contributed by atoms with Crippen LogP contribution in [0.4, 0.5) is 4.79 Å². The number of rotatable bonds is 3. The van der Waals surface area contributed by atoms with E-state index in [2.05, 4.69) is 15.0 Å². The average Bonchev–Trinajstić information content (AvgIpc) is 3.20. The summed E-state index contributed by atoms with van der Waals surface area (Å²) in [4.78, 5) is 22.0. The van der Waals surface area contributed by atoms with Crippen LogP contribution >= 0.6 is 0 Å². The molecule has 7 heteroatoms. The maximum atomic E-state index is 11.8. The van der Waals surface area contributed by atoms with E-state index >= 15 is 0 Å². The number of aromatic nitrogens is 2. The molecular formula is C13H21N5O2. The normalized spacial score (nSPS) is 20.2. The number of hydrogen-bond donors (Lipinski definition) is 0. The molecule has 110 valence electrons. The second-order valence-corrected chi connectivity index (χ2v) is 5.76. The zero-order valence-corrected chi connectivity index (χ0v) is 12.1. The Kier molecular flexibility index (Phi) is 3.60. The summed E-state index contributed by atoms with van der Waals surface area (Å²) in [5, 5.41) is 4.03. The Morgan fingerprint density at radius 3 is 2.60 bits per heavy atom. The lowest BCUT2D eigenvalue weighted by Gasteiger charge is -2.35. The van der Waals surface area contributed by atoms with Gasteiger partial charge in [-0.25, -0.2) is 4.79 Å². The van der Waals surface area contributed by atoms with Crippen molar-refractivity contribution in [1.82, 2.24) is 24.8 Å². The first-order chi connectivity index (χ1) is 9.63. The number of hydrogen-bond acceptors (Lipinski definition) is 5. The number of amides is 2. The van der Waals surface area contributed by atoms with Crippen LogP contribution in [0.15, 0.2) is 4.52 Å². The van der Waals surface area contributed by atoms with Gasteiger partial charge in [-0.3, -0.25) is 4.90 Å². The van der Waals surface area contributed by atoms with Crippen molar-refractivity contribution in [2.24, 2.45) is 0 Å². The van der Waals surface area contributed by atoms with Gasteiger partial charge in [-0.15, -0.1) is 0 Å². The van der Waals surface area contributed by atoms with Crippen molar-refractivity contribution in [3.05, 3.63) is 11.7 Å². The van der Waals surface area contributed by atoms with E-state index in [4.69, 9.17) is 4.52 Å². The molecule has 3 rings (SSSR count). The summed E-state index contributed by atoms with van der Waals surface area (Å²) in [5.74, 6) is 2.09. The lowest BCUT2D eigenvalue weighted by Crippen LogP contribution is -2.51. The molecular weight excluding hydrogens is 258 g/mol. The highest BCUT2D eigenvalue weighted by molar-refractivity contribution is 5.73. The third-order valence-electron chi connectivity index (χ3n) is 3.81. The first-order valence-electron chi connectivity index (χ1n) is 7.14. The number of nitrogens with zero attached hydrogens (tertiary/aromatic N) is 5. The minimum atomic E-state index is 0.0819. The smallest absolute Gasteiger partial charge is 0.319 e. The monoisotopic (exact) mass is 279 g/mol. The highest BCUT2D eigenvalue weighted by atomic mass is 16.5. The van der Waals surface area contributed by atoms with Gasteiger partial charge in [0.2, 0.25) is 5.89 Å². The Morgan fingerprint density at radius 2 is 2.00 bits per heavy atom. The fourth-order valence-electron chi connectivity index (χ4n) is 2.41. The van der Waals surface area contributed by atoms with E-state index in [9.17, 15) is 4.79 Å². The largest absolute Gasteiger partial charge is 0.338 e. The molecule has 1 aliphatic carbocycles. The van der Waals surface area contributed by atoms with E-state index in [-0.39, 0.29) is 6.03 Å². The predicted molar refractivity (Wildman–Crippen MR) is 72.2 cm³/mol. The first kappa shape index (κ1) is 13.4. The zero-order chi connectivity index (χ0) is 14.1. The molecule has 0 spiro atoms. The molecule has 1 aromatic rings. The second-order valence-electron chi connectivity index (χ2n) is 5.76. The van der Waals surface area contributed by atoms with Gasteiger partial charge in [-0.05, 0) is 12.8 Å². The highest BCUT2D eigenvalue weighted by Crippen LogP contribution is 2.38. The van der Waals surface area contributed by atoms with Gasteiger partial charge >= 0.3 is 6.03 Å². The number of piperazine rings is 1. The van der Waals surface area contributed by atoms with E-state index in [1.54, 1.807) is 19.0 Å². The molecule has 0 N–H and O–H groups in total. The minimum absolute atomic E-state index is 0.0819. The highest BCUT2D eigenvalue weighted by Gasteiger charge is 2.29. The fourth-order valence-corrected chi connectivity index (χ4v) is 2.41. The van der Waals surface area contributed by atoms with Crippen LogP contribution in [0.3, 0.4) is 0 Å². The van der Waals surface area contributed by atoms with Crippen molar-refractivity contribution in [1.29, 1.82) is 0 Å². The van der Waals surface area contributed by atoms with E-state index in [0.717, 1.165) is 32.0 Å². The Hall–Kier alpha value is -1.63. The first-order valence-corrected chi connectivity index (χ1v) is 7.14. The molecule has 2 heterocycles. The molecule has 1 saturated heterocycles. The minimum Gasteiger partial charge on any atom is -0.338 e. The summed E-state index contributed by atoms with van der Waals surface area (Å²) in [5.41, 5.74) is 0. The van der Waals surface area contributed by atoms with Crippen molar-refractivity contribution < 1.29 is 9.32 Å². The van der Waals surface area contributed by atoms with Gasteiger partial charge in [0.25, 0.3) is 0 Å². The maximum absolute atomic E-state index is 11.8. The third-order valence-corrected chi connectivity index (χ3v) is 3.81. The van der Waals surface area contributed by atoms with Crippen LogP contribution < -0.4 is 0 Å². The molecule has 0 atom stereocenters. The summed E-state index contributed by atoms with van der Waals surface area (Å²) >= 11 is 0. The number of urea groups is 1. The van der Waals surface area contributed by atoms with E-state index in [1.165, 1.54) is 12.8 Å². The van der Waals surface area contributed by atoms with Gasteiger partial charge in [-0.1, -0.05) is 5.16 Å². The molecule has 0 radical (unpaired) electrons. The molecule has 1 aromatic heterocycles. The lowest BCUT2D eigenvalue weighted by atomic mass is 10.3. The second kappa shape index (κ2) is 5.40. The molecule has 1 saturated carbocycles. The van der Waals surface area contributed by atoms with Gasteiger partial charge < -0.3 is 14.3 Å². The summed E-state index contributed by atoms with van der Waals surface area (Å²) < 4.78 is 5.29. The Morgan fingerprint density at radius 1 is 1.30 bits per heavy atom. The van der Waals surface area contributed by atoms with Crippen LogP contribution in [0, 0.1) is 0 Å². The van der Waals surface area contributed by atoms with Crippen molar-refractivity contribution in [2.45, 2.75) is 25.3 Å². The Balaban J connectivity index is 1.49. The van der Waals surface area contributed by atoms with Crippen LogP contribution in [0.25, 0.3) is 0 Å². The summed E-state index contributed by atoms with van der Waals surface area (Å²) in [7, 11) is 3.57. The maximum Gasteiger partial charge on any atom is 0.319 e. The summed E-state index contributed by atoms with van der Waals surface area (Å²) in [6, 6.07) is 0.0819. The molecule has 2 amide bonds. The zero-order valence-electron chi connectivity index (χ0n) is 12.1. The van der Waals surface area contributed by atoms with Crippen molar-refractivity contribution in [3.63, 3.8) is 0 Å². The van der Waals surface area contributed by atoms with E-state index in [1.807, 2.05) is 4.90 Å². The van der Waals surface area contributed by atoms with Gasteiger partial charge in [0, 0.05) is 46.2 Å². The number of carbonyl (C=O) groups excluding carboxylic acids is 1. The van der Waals surface area contributed by atoms with Crippen LogP contribution in [-0.2, 0) is 6.54 Å². The van der Waals surface area contributed by atoms with Crippen LogP contribution in [0.1, 0.15) is 30.5 Å². The average molecular weight is 279 g/mol. The molecule has 0 bridgehead atoms. The van der Waals surface area contributed by atoms with Crippen LogP contribution in [-0.4, -0.2) is 71.1 Å². The molecule has 7 nitrogen and oxygen atoms in total. The lowest BCUT2D eigenvalue weighted by molar-refractivity contribution is 0.113. The molecule has 20 heavy (non-hydrogen) atoms. The quantitative estimate of drug-likeness (QED) is 0.816. The Bertz CT molecular complexity index is 475. The molecule has 2 aliphatic rings. The standard InChI is InChI=1S/C13H21N5O2/c1-16(2)13(19)18-7-5-17(6-8-18)9-11-14-12(15-20-11)10-3-4-10/h10H,3-9H2,1-2H3. The Labute approximate surface area is 118 Å². The van der Waals surface area contributed by atoms with Gasteiger partial charge in [-0.2, -0.15) is 4.98 Å². The van der Waals surface area contributed by atoms with Crippen molar-refractivity contribution >= 4 is 6.03 Å². The van der Waals surface area contributed by atoms with Crippen molar-refractivity contribution in [2.75, 3.05) is 40.3 Å². The molecule has 0 unspecified atom stereocenters. The predicted octanol–water partition coefficient (Wildman–Crippen LogP) is 0.746. The van der Waals surface area contributed by atoms with E-state index < -0.39 is 0 Å². The van der Waals surface area contributed by atoms with E-state index in [0.29, 0.717) is 18.4 Å². The third kappa shape index (κ3) is 2.92. The summed E-state index contributed by atoms with van der Waals surface area (Å²) in [6.45, 7) is 3.88. The van der Waals surface area contributed by atoms with Crippen molar-refractivity contribution in [3.8, 4) is 0 Å². The van der Waals surface area contributed by atoms with Crippen LogP contribution in [0.5, 0.6) is 0 Å².